The van der Waals surface area contributed by atoms with Gasteiger partial charge in [-0.1, -0.05) is 18.3 Å². The summed E-state index contributed by atoms with van der Waals surface area (Å²) in [5.74, 6) is -0.359. The van der Waals surface area contributed by atoms with E-state index in [-0.39, 0.29) is 16.4 Å². The fourth-order valence-corrected chi connectivity index (χ4v) is 1.68. The second-order valence-corrected chi connectivity index (χ2v) is 5.62. The molecule has 1 aromatic rings. The van der Waals surface area contributed by atoms with Crippen LogP contribution in [0.5, 0.6) is 0 Å². The van der Waals surface area contributed by atoms with E-state index in [0.717, 1.165) is 5.56 Å². The molecule has 0 amide bonds. The number of hydrogen-bond donors (Lipinski definition) is 1. The fourth-order valence-electron chi connectivity index (χ4n) is 1.49. The Morgan fingerprint density at radius 3 is 2.58 bits per heavy atom. The largest absolute Gasteiger partial charge is 0.389 e. The maximum Gasteiger partial charge on any atom is 0.123 e. The third-order valence-corrected chi connectivity index (χ3v) is 2.58. The fraction of sp³-hybridized carbons (Fsp3) is 0.500. The lowest BCUT2D eigenvalue weighted by Gasteiger charge is -2.19. The van der Waals surface area contributed by atoms with Gasteiger partial charge in [0.2, 0.25) is 0 Å². The molecule has 0 unspecified atom stereocenters. The number of nitrogens with two attached hydrogens (primary N) is 1. The smallest absolute Gasteiger partial charge is 0.123 e. The van der Waals surface area contributed by atoms with Crippen LogP contribution >= 0.6 is 12.2 Å². The molecular formula is C14H20FNO2S. The molecular weight excluding hydrogens is 265 g/mol. The monoisotopic (exact) mass is 285 g/mol. The zero-order valence-corrected chi connectivity index (χ0v) is 12.3. The van der Waals surface area contributed by atoms with E-state index < -0.39 is 0 Å². The summed E-state index contributed by atoms with van der Waals surface area (Å²) in [6, 6.07) is 4.33. The molecule has 1 aromatic carbocycles. The molecule has 0 spiro atoms. The lowest BCUT2D eigenvalue weighted by molar-refractivity contribution is -0.0377. The number of thiocarbonyl (C=S) groups is 1. The predicted molar refractivity (Wildman–Crippen MR) is 77.6 cm³/mol. The second-order valence-electron chi connectivity index (χ2n) is 5.18. The predicted octanol–water partition coefficient (Wildman–Crippen LogP) is 2.79. The molecule has 1 rings (SSSR count). The molecule has 0 fully saturated rings. The molecule has 3 nitrogen and oxygen atoms in total. The Morgan fingerprint density at radius 2 is 2.00 bits per heavy atom. The summed E-state index contributed by atoms with van der Waals surface area (Å²) in [4.78, 5) is 0.170. The van der Waals surface area contributed by atoms with Gasteiger partial charge in [-0.25, -0.2) is 4.39 Å². The van der Waals surface area contributed by atoms with Crippen LogP contribution in [-0.2, 0) is 16.1 Å². The Hall–Kier alpha value is -1.04. The molecule has 0 aliphatic carbocycles. The number of halogens is 1. The highest BCUT2D eigenvalue weighted by molar-refractivity contribution is 7.80. The average molecular weight is 285 g/mol. The van der Waals surface area contributed by atoms with Gasteiger partial charge in [0.15, 0.2) is 0 Å². The Morgan fingerprint density at radius 1 is 1.32 bits per heavy atom. The van der Waals surface area contributed by atoms with Crippen LogP contribution in [0.25, 0.3) is 0 Å². The van der Waals surface area contributed by atoms with E-state index in [1.54, 1.807) is 6.07 Å². The lowest BCUT2D eigenvalue weighted by atomic mass is 10.1. The second kappa shape index (κ2) is 6.93. The van der Waals surface area contributed by atoms with Gasteiger partial charge in [-0.3, -0.25) is 0 Å². The van der Waals surface area contributed by atoms with Crippen LogP contribution in [0.15, 0.2) is 18.2 Å². The van der Waals surface area contributed by atoms with Gasteiger partial charge in [-0.15, -0.1) is 0 Å². The van der Waals surface area contributed by atoms with Gasteiger partial charge < -0.3 is 15.2 Å². The van der Waals surface area contributed by atoms with E-state index in [9.17, 15) is 4.39 Å². The minimum atomic E-state index is -0.359. The number of benzene rings is 1. The molecule has 0 aromatic heterocycles. The van der Waals surface area contributed by atoms with Crippen molar-refractivity contribution in [3.8, 4) is 0 Å². The Balaban J connectivity index is 2.47. The zero-order valence-electron chi connectivity index (χ0n) is 11.5. The highest BCUT2D eigenvalue weighted by atomic mass is 32.1. The SMILES string of the molecule is CC(C)(C)OCCOCc1ccc(F)cc1C(N)=S. The van der Waals surface area contributed by atoms with Crippen LogP contribution in [0, 0.1) is 5.82 Å². The van der Waals surface area contributed by atoms with Gasteiger partial charge in [-0.2, -0.15) is 0 Å². The van der Waals surface area contributed by atoms with Crippen molar-refractivity contribution >= 4 is 17.2 Å². The summed E-state index contributed by atoms with van der Waals surface area (Å²) < 4.78 is 24.1. The molecule has 0 aliphatic rings. The summed E-state index contributed by atoms with van der Waals surface area (Å²) in [7, 11) is 0. The first-order valence-electron chi connectivity index (χ1n) is 6.09. The zero-order chi connectivity index (χ0) is 14.5. The van der Waals surface area contributed by atoms with Crippen molar-refractivity contribution in [3.05, 3.63) is 35.1 Å². The number of rotatable bonds is 6. The minimum Gasteiger partial charge on any atom is -0.389 e. The van der Waals surface area contributed by atoms with E-state index in [2.05, 4.69) is 0 Å². The van der Waals surface area contributed by atoms with Gasteiger partial charge in [0.25, 0.3) is 0 Å². The molecule has 0 aliphatic heterocycles. The normalized spacial score (nSPS) is 11.6. The van der Waals surface area contributed by atoms with Gasteiger partial charge in [0.05, 0.1) is 25.4 Å². The van der Waals surface area contributed by atoms with Crippen molar-refractivity contribution in [2.24, 2.45) is 5.73 Å². The molecule has 0 heterocycles. The summed E-state index contributed by atoms with van der Waals surface area (Å²) in [6.45, 7) is 7.26. The summed E-state index contributed by atoms with van der Waals surface area (Å²) in [6.07, 6.45) is 0. The Kier molecular flexibility index (Phi) is 5.85. The molecule has 0 radical (unpaired) electrons. The molecule has 0 bridgehead atoms. The summed E-state index contributed by atoms with van der Waals surface area (Å²) in [5, 5.41) is 0. The topological polar surface area (TPSA) is 44.5 Å². The van der Waals surface area contributed by atoms with E-state index >= 15 is 0 Å². The van der Waals surface area contributed by atoms with Crippen LogP contribution in [-0.4, -0.2) is 23.8 Å². The van der Waals surface area contributed by atoms with Gasteiger partial charge in [0.1, 0.15) is 10.8 Å². The van der Waals surface area contributed by atoms with Crippen LogP contribution in [0.3, 0.4) is 0 Å². The van der Waals surface area contributed by atoms with Crippen molar-refractivity contribution in [2.45, 2.75) is 33.0 Å². The third-order valence-electron chi connectivity index (χ3n) is 2.36. The molecule has 0 atom stereocenters. The van der Waals surface area contributed by atoms with Gasteiger partial charge >= 0.3 is 0 Å². The highest BCUT2D eigenvalue weighted by Gasteiger charge is 2.10. The van der Waals surface area contributed by atoms with Crippen molar-refractivity contribution in [1.82, 2.24) is 0 Å². The van der Waals surface area contributed by atoms with Crippen LogP contribution in [0.2, 0.25) is 0 Å². The van der Waals surface area contributed by atoms with Crippen molar-refractivity contribution in [2.75, 3.05) is 13.2 Å². The first-order valence-corrected chi connectivity index (χ1v) is 6.50. The first-order chi connectivity index (χ1) is 8.79. The maximum atomic E-state index is 13.1. The van der Waals surface area contributed by atoms with Gasteiger partial charge in [0, 0.05) is 5.56 Å². The van der Waals surface area contributed by atoms with E-state index in [1.165, 1.54) is 12.1 Å². The minimum absolute atomic E-state index is 0.170. The molecule has 19 heavy (non-hydrogen) atoms. The molecule has 0 saturated heterocycles. The standard InChI is InChI=1S/C14H20FNO2S/c1-14(2,3)18-7-6-17-9-10-4-5-11(15)8-12(10)13(16)19/h4-5,8H,6-7,9H2,1-3H3,(H2,16,19). The van der Waals surface area contributed by atoms with Crippen LogP contribution in [0.1, 0.15) is 31.9 Å². The van der Waals surface area contributed by atoms with Crippen LogP contribution in [0.4, 0.5) is 4.39 Å². The first kappa shape index (κ1) is 16.0. The quantitative estimate of drug-likeness (QED) is 0.645. The van der Waals surface area contributed by atoms with E-state index in [1.807, 2.05) is 20.8 Å². The Bertz CT molecular complexity index is 444. The van der Waals surface area contributed by atoms with Crippen molar-refractivity contribution in [1.29, 1.82) is 0 Å². The molecule has 5 heteroatoms. The summed E-state index contributed by atoms with van der Waals surface area (Å²) in [5.41, 5.74) is 6.68. The summed E-state index contributed by atoms with van der Waals surface area (Å²) >= 11 is 4.89. The highest BCUT2D eigenvalue weighted by Crippen LogP contribution is 2.13. The average Bonchev–Trinajstić information content (AvgIpc) is 2.28. The van der Waals surface area contributed by atoms with Crippen molar-refractivity contribution < 1.29 is 13.9 Å². The number of hydrogen-bond acceptors (Lipinski definition) is 3. The van der Waals surface area contributed by atoms with E-state index in [0.29, 0.717) is 25.4 Å². The molecule has 2 N–H and O–H groups in total. The maximum absolute atomic E-state index is 13.1. The molecule has 0 saturated carbocycles. The van der Waals surface area contributed by atoms with Gasteiger partial charge in [-0.05, 0) is 38.5 Å². The lowest BCUT2D eigenvalue weighted by Crippen LogP contribution is -2.22. The van der Waals surface area contributed by atoms with Crippen molar-refractivity contribution in [3.63, 3.8) is 0 Å². The Labute approximate surface area is 118 Å². The molecule has 106 valence electrons. The third kappa shape index (κ3) is 6.09. The number of ether oxygens (including phenoxy) is 2. The van der Waals surface area contributed by atoms with Crippen LogP contribution < -0.4 is 5.73 Å². The van der Waals surface area contributed by atoms with E-state index in [4.69, 9.17) is 27.4 Å².